The van der Waals surface area contributed by atoms with Gasteiger partial charge in [-0.1, -0.05) is 19.9 Å². The topological polar surface area (TPSA) is 12.9 Å². The Bertz CT molecular complexity index is 662. The van der Waals surface area contributed by atoms with Crippen molar-refractivity contribution in [3.63, 3.8) is 0 Å². The molecule has 0 saturated heterocycles. The van der Waals surface area contributed by atoms with Crippen LogP contribution in [-0.4, -0.2) is 4.98 Å². The van der Waals surface area contributed by atoms with Crippen molar-refractivity contribution in [2.75, 3.05) is 0 Å². The van der Waals surface area contributed by atoms with E-state index >= 15 is 0 Å². The Labute approximate surface area is 128 Å². The number of nitrogens with zero attached hydrogens (tertiary/aromatic N) is 1. The fourth-order valence-electron chi connectivity index (χ4n) is 1.93. The molecule has 1 aromatic carbocycles. The molecule has 1 heterocycles. The molecule has 2 aromatic rings. The molecule has 1 nitrogen and oxygen atoms in total. The van der Waals surface area contributed by atoms with Gasteiger partial charge in [-0.05, 0) is 18.1 Å². The van der Waals surface area contributed by atoms with Crippen molar-refractivity contribution in [1.29, 1.82) is 0 Å². The molecule has 0 N–H and O–H groups in total. The first-order valence-electron chi connectivity index (χ1n) is 6.73. The largest absolute Gasteiger partial charge is 0.434 e. The normalized spacial score (nSPS) is 13.4. The molecule has 0 bridgehead atoms. The number of hydrogen-bond acceptors (Lipinski definition) is 2. The van der Waals surface area contributed by atoms with Crippen LogP contribution in [0.2, 0.25) is 0 Å². The minimum Gasteiger partial charge on any atom is -0.236 e. The third-order valence-electron chi connectivity index (χ3n) is 3.38. The van der Waals surface area contributed by atoms with Gasteiger partial charge in [-0.25, -0.2) is 13.8 Å². The highest BCUT2D eigenvalue weighted by atomic mass is 32.1. The number of halogens is 5. The van der Waals surface area contributed by atoms with Crippen LogP contribution in [0.5, 0.6) is 0 Å². The highest BCUT2D eigenvalue weighted by Crippen LogP contribution is 2.38. The van der Waals surface area contributed by atoms with Crippen molar-refractivity contribution in [2.24, 2.45) is 0 Å². The average Bonchev–Trinajstić information content (AvgIpc) is 2.85. The van der Waals surface area contributed by atoms with Crippen molar-refractivity contribution in [3.8, 4) is 0 Å². The number of thiazole rings is 1. The number of aromatic nitrogens is 1. The zero-order valence-electron chi connectivity index (χ0n) is 12.0. The van der Waals surface area contributed by atoms with Gasteiger partial charge >= 0.3 is 6.18 Å². The molecule has 2 rings (SSSR count). The summed E-state index contributed by atoms with van der Waals surface area (Å²) < 4.78 is 65.8. The van der Waals surface area contributed by atoms with E-state index in [9.17, 15) is 22.0 Å². The standard InChI is InChI=1S/C15H14F5NS/c1-3-8(2)14-21-13(15(18,19)20)12(22-14)6-9-4-5-10(16)7-11(9)17/h4-5,7-8H,3,6H2,1-2H3. The summed E-state index contributed by atoms with van der Waals surface area (Å²) in [6, 6.07) is 2.86. The Morgan fingerprint density at radius 2 is 1.91 bits per heavy atom. The summed E-state index contributed by atoms with van der Waals surface area (Å²) in [5.74, 6) is -1.72. The van der Waals surface area contributed by atoms with Crippen molar-refractivity contribution >= 4 is 11.3 Å². The van der Waals surface area contributed by atoms with E-state index in [1.165, 1.54) is 0 Å². The Morgan fingerprint density at radius 1 is 1.23 bits per heavy atom. The fraction of sp³-hybridized carbons (Fsp3) is 0.400. The summed E-state index contributed by atoms with van der Waals surface area (Å²) in [5.41, 5.74) is -0.956. The fourth-order valence-corrected chi connectivity index (χ4v) is 3.18. The number of rotatable bonds is 4. The molecule has 0 saturated carbocycles. The van der Waals surface area contributed by atoms with E-state index in [1.54, 1.807) is 6.92 Å². The van der Waals surface area contributed by atoms with Crippen LogP contribution in [0.4, 0.5) is 22.0 Å². The molecule has 0 spiro atoms. The zero-order chi connectivity index (χ0) is 16.5. The maximum Gasteiger partial charge on any atom is 0.434 e. The third kappa shape index (κ3) is 3.63. The molecule has 120 valence electrons. The second kappa shape index (κ2) is 6.32. The first-order chi connectivity index (χ1) is 10.2. The third-order valence-corrected chi connectivity index (χ3v) is 4.67. The summed E-state index contributed by atoms with van der Waals surface area (Å²) in [5, 5.41) is 0.382. The lowest BCUT2D eigenvalue weighted by Crippen LogP contribution is -2.09. The summed E-state index contributed by atoms with van der Waals surface area (Å²) >= 11 is 0.935. The van der Waals surface area contributed by atoms with Gasteiger partial charge in [0.05, 0.1) is 5.01 Å². The van der Waals surface area contributed by atoms with E-state index in [4.69, 9.17) is 0 Å². The van der Waals surface area contributed by atoms with E-state index in [0.717, 1.165) is 23.5 Å². The lowest BCUT2D eigenvalue weighted by Gasteiger charge is -2.07. The Hall–Kier alpha value is -1.50. The molecule has 1 atom stereocenters. The van der Waals surface area contributed by atoms with E-state index in [2.05, 4.69) is 4.98 Å². The van der Waals surface area contributed by atoms with Gasteiger partial charge in [0.2, 0.25) is 0 Å². The van der Waals surface area contributed by atoms with E-state index in [0.29, 0.717) is 17.5 Å². The Balaban J connectivity index is 2.42. The quantitative estimate of drug-likeness (QED) is 0.668. The average molecular weight is 335 g/mol. The van der Waals surface area contributed by atoms with Gasteiger partial charge in [0.1, 0.15) is 11.6 Å². The molecule has 22 heavy (non-hydrogen) atoms. The van der Waals surface area contributed by atoms with Crippen LogP contribution in [0, 0.1) is 11.6 Å². The monoisotopic (exact) mass is 335 g/mol. The molecule has 0 radical (unpaired) electrons. The maximum absolute atomic E-state index is 13.7. The van der Waals surface area contributed by atoms with Gasteiger partial charge in [0.25, 0.3) is 0 Å². The summed E-state index contributed by atoms with van der Waals surface area (Å²) in [6.45, 7) is 3.65. The molecule has 1 unspecified atom stereocenters. The van der Waals surface area contributed by atoms with Crippen molar-refractivity contribution in [3.05, 3.63) is 51.0 Å². The molecule has 0 amide bonds. The van der Waals surface area contributed by atoms with Crippen LogP contribution < -0.4 is 0 Å². The highest BCUT2D eigenvalue weighted by Gasteiger charge is 2.37. The van der Waals surface area contributed by atoms with Crippen LogP contribution >= 0.6 is 11.3 Å². The Kier molecular flexibility index (Phi) is 4.84. The minimum absolute atomic E-state index is 0.0197. The predicted molar refractivity (Wildman–Crippen MR) is 75.0 cm³/mol. The molecule has 0 fully saturated rings. The first kappa shape index (κ1) is 16.9. The first-order valence-corrected chi connectivity index (χ1v) is 7.54. The molecule has 1 aromatic heterocycles. The number of hydrogen-bond donors (Lipinski definition) is 0. The van der Waals surface area contributed by atoms with E-state index in [1.807, 2.05) is 6.92 Å². The lowest BCUT2D eigenvalue weighted by atomic mass is 10.1. The van der Waals surface area contributed by atoms with Crippen molar-refractivity contribution in [1.82, 2.24) is 4.98 Å². The smallest absolute Gasteiger partial charge is 0.236 e. The SMILES string of the molecule is CCC(C)c1nc(C(F)(F)F)c(Cc2ccc(F)cc2F)s1. The minimum atomic E-state index is -4.59. The number of benzene rings is 1. The molecular formula is C15H14F5NS. The van der Waals surface area contributed by atoms with Gasteiger partial charge in [-0.3, -0.25) is 0 Å². The highest BCUT2D eigenvalue weighted by molar-refractivity contribution is 7.11. The molecular weight excluding hydrogens is 321 g/mol. The van der Waals surface area contributed by atoms with Crippen LogP contribution in [0.1, 0.15) is 47.3 Å². The van der Waals surface area contributed by atoms with Gasteiger partial charge in [0.15, 0.2) is 5.69 Å². The van der Waals surface area contributed by atoms with Crippen LogP contribution in [-0.2, 0) is 12.6 Å². The van der Waals surface area contributed by atoms with Crippen LogP contribution in [0.3, 0.4) is 0 Å². The van der Waals surface area contributed by atoms with Gasteiger partial charge in [-0.15, -0.1) is 11.3 Å². The van der Waals surface area contributed by atoms with Crippen LogP contribution in [0.25, 0.3) is 0 Å². The second-order valence-corrected chi connectivity index (χ2v) is 6.16. The molecule has 0 aliphatic heterocycles. The molecule has 0 aliphatic rings. The van der Waals surface area contributed by atoms with Gasteiger partial charge < -0.3 is 0 Å². The summed E-state index contributed by atoms with van der Waals surface area (Å²) in [7, 11) is 0. The maximum atomic E-state index is 13.7. The van der Waals surface area contributed by atoms with E-state index < -0.39 is 23.5 Å². The number of alkyl halides is 3. The summed E-state index contributed by atoms with van der Waals surface area (Å²) in [6.07, 6.45) is -4.18. The van der Waals surface area contributed by atoms with Crippen LogP contribution in [0.15, 0.2) is 18.2 Å². The zero-order valence-corrected chi connectivity index (χ0v) is 12.8. The predicted octanol–water partition coefficient (Wildman–Crippen LogP) is 5.54. The molecule has 7 heteroatoms. The van der Waals surface area contributed by atoms with Gasteiger partial charge in [0, 0.05) is 23.3 Å². The summed E-state index contributed by atoms with van der Waals surface area (Å²) in [4.78, 5) is 3.64. The molecule has 0 aliphatic carbocycles. The Morgan fingerprint density at radius 3 is 2.45 bits per heavy atom. The van der Waals surface area contributed by atoms with Gasteiger partial charge in [-0.2, -0.15) is 13.2 Å². The second-order valence-electron chi connectivity index (χ2n) is 5.04. The lowest BCUT2D eigenvalue weighted by molar-refractivity contribution is -0.141. The van der Waals surface area contributed by atoms with Crippen molar-refractivity contribution in [2.45, 2.75) is 38.8 Å². The van der Waals surface area contributed by atoms with Crippen molar-refractivity contribution < 1.29 is 22.0 Å². The van der Waals surface area contributed by atoms with E-state index in [-0.39, 0.29) is 22.8 Å².